The van der Waals surface area contributed by atoms with Crippen molar-refractivity contribution in [2.45, 2.75) is 27.7 Å². The van der Waals surface area contributed by atoms with Gasteiger partial charge in [0.25, 0.3) is 5.91 Å². The number of rotatable bonds is 7. The number of carbonyl (C=O) groups excluding carboxylic acids is 1. The van der Waals surface area contributed by atoms with Crippen LogP contribution in [0, 0.1) is 0 Å². The Kier molecular flexibility index (Phi) is 9.54. The Balaban J connectivity index is 5.91. The molecule has 0 aliphatic heterocycles. The minimum absolute atomic E-state index is 0.297. The van der Waals surface area contributed by atoms with Gasteiger partial charge in [0.05, 0.1) is 12.8 Å². The lowest BCUT2D eigenvalue weighted by molar-refractivity contribution is -0.127. The average Bonchev–Trinajstić information content (AvgIpc) is 2.52. The average molecular weight is 305 g/mol. The summed E-state index contributed by atoms with van der Waals surface area (Å²) in [6.45, 7) is 7.71. The van der Waals surface area contributed by atoms with Crippen molar-refractivity contribution in [2.24, 2.45) is 4.99 Å². The molecule has 0 aromatic rings. The van der Waals surface area contributed by atoms with Gasteiger partial charge >= 0.3 is 0 Å². The molecule has 0 saturated heterocycles. The summed E-state index contributed by atoms with van der Waals surface area (Å²) < 4.78 is 0. The smallest absolute Gasteiger partial charge is 0.274 e. The second kappa shape index (κ2) is 10.6. The molecule has 1 amide bonds. The number of hydrogen-bond donors (Lipinski definition) is 2. The molecule has 2 N–H and O–H groups in total. The van der Waals surface area contributed by atoms with Crippen molar-refractivity contribution in [1.29, 1.82) is 0 Å². The van der Waals surface area contributed by atoms with Crippen LogP contribution in [0.15, 0.2) is 51.7 Å². The zero-order chi connectivity index (χ0) is 17.1. The van der Waals surface area contributed by atoms with Crippen LogP contribution in [-0.4, -0.2) is 32.8 Å². The van der Waals surface area contributed by atoms with Crippen molar-refractivity contribution in [3.05, 3.63) is 46.7 Å². The number of amides is 1. The van der Waals surface area contributed by atoms with E-state index in [1.54, 1.807) is 26.1 Å². The molecular weight excluding hydrogens is 278 g/mol. The van der Waals surface area contributed by atoms with Crippen LogP contribution in [0.3, 0.4) is 0 Å². The standard InChI is InChI=1S/C17H27N3O2/c1-8-10-15(11-14(9-2)17(21)20-22-7)16(19-6)12(3)13(4)18-5/h8-11,18H,1-7H3,(H,20,21)/b10-8-,13-12+,14-9?,15-11+,19-16+. The highest BCUT2D eigenvalue weighted by molar-refractivity contribution is 6.15. The molecule has 0 rings (SSSR count). The number of aliphatic imine (C=N–C) groups is 1. The van der Waals surface area contributed by atoms with Crippen LogP contribution in [0.1, 0.15) is 27.7 Å². The highest BCUT2D eigenvalue weighted by atomic mass is 16.6. The third-order valence-electron chi connectivity index (χ3n) is 3.21. The first-order valence-electron chi connectivity index (χ1n) is 7.13. The molecule has 5 nitrogen and oxygen atoms in total. The molecule has 0 heterocycles. The van der Waals surface area contributed by atoms with E-state index in [1.807, 2.05) is 40.0 Å². The fourth-order valence-corrected chi connectivity index (χ4v) is 1.85. The van der Waals surface area contributed by atoms with Crippen molar-refractivity contribution in [2.75, 3.05) is 21.2 Å². The molecule has 0 aliphatic carbocycles. The van der Waals surface area contributed by atoms with Crippen LogP contribution >= 0.6 is 0 Å². The van der Waals surface area contributed by atoms with Gasteiger partial charge < -0.3 is 5.32 Å². The van der Waals surface area contributed by atoms with E-state index >= 15 is 0 Å². The fourth-order valence-electron chi connectivity index (χ4n) is 1.85. The maximum Gasteiger partial charge on any atom is 0.274 e. The molecule has 0 aromatic carbocycles. The lowest BCUT2D eigenvalue weighted by Gasteiger charge is -2.12. The third kappa shape index (κ3) is 5.69. The molecule has 0 saturated carbocycles. The second-order valence-corrected chi connectivity index (χ2v) is 4.55. The van der Waals surface area contributed by atoms with Crippen LogP contribution in [0.5, 0.6) is 0 Å². The molecule has 0 aliphatic rings. The monoisotopic (exact) mass is 305 g/mol. The summed E-state index contributed by atoms with van der Waals surface area (Å²) in [7, 11) is 5.02. The first-order valence-corrected chi connectivity index (χ1v) is 7.13. The topological polar surface area (TPSA) is 62.7 Å². The van der Waals surface area contributed by atoms with Gasteiger partial charge in [-0.2, -0.15) is 0 Å². The zero-order valence-electron chi connectivity index (χ0n) is 14.6. The van der Waals surface area contributed by atoms with Crippen molar-refractivity contribution in [3.63, 3.8) is 0 Å². The van der Waals surface area contributed by atoms with E-state index in [2.05, 4.69) is 20.6 Å². The van der Waals surface area contributed by atoms with Gasteiger partial charge in [-0.25, -0.2) is 5.48 Å². The number of nitrogens with zero attached hydrogens (tertiary/aromatic N) is 1. The molecule has 5 heteroatoms. The quantitative estimate of drug-likeness (QED) is 0.329. The van der Waals surface area contributed by atoms with Crippen LogP contribution in [0.4, 0.5) is 0 Å². The molecule has 122 valence electrons. The number of allylic oxidation sites excluding steroid dienone is 6. The molecule has 0 aromatic heterocycles. The van der Waals surface area contributed by atoms with E-state index < -0.39 is 0 Å². The van der Waals surface area contributed by atoms with Crippen LogP contribution in [0.25, 0.3) is 0 Å². The maximum atomic E-state index is 11.9. The predicted octanol–water partition coefficient (Wildman–Crippen LogP) is 2.70. The van der Waals surface area contributed by atoms with Crippen molar-refractivity contribution in [1.82, 2.24) is 10.8 Å². The van der Waals surface area contributed by atoms with Crippen molar-refractivity contribution >= 4 is 11.6 Å². The highest BCUT2D eigenvalue weighted by Crippen LogP contribution is 2.15. The van der Waals surface area contributed by atoms with Crippen LogP contribution in [-0.2, 0) is 9.63 Å². The predicted molar refractivity (Wildman–Crippen MR) is 92.6 cm³/mol. The summed E-state index contributed by atoms with van der Waals surface area (Å²) in [6.07, 6.45) is 7.37. The molecule has 0 radical (unpaired) electrons. The number of hydrogen-bond acceptors (Lipinski definition) is 4. The summed E-state index contributed by atoms with van der Waals surface area (Å²) in [6, 6.07) is 0. The third-order valence-corrected chi connectivity index (χ3v) is 3.21. The Morgan fingerprint density at radius 1 is 1.18 bits per heavy atom. The zero-order valence-corrected chi connectivity index (χ0v) is 14.6. The van der Waals surface area contributed by atoms with Gasteiger partial charge in [-0.05, 0) is 39.3 Å². The summed E-state index contributed by atoms with van der Waals surface area (Å²) in [5.74, 6) is -0.297. The molecule has 0 atom stereocenters. The molecule has 0 unspecified atom stereocenters. The van der Waals surface area contributed by atoms with Gasteiger partial charge in [-0.3, -0.25) is 14.6 Å². The van der Waals surface area contributed by atoms with Crippen molar-refractivity contribution < 1.29 is 9.63 Å². The van der Waals surface area contributed by atoms with Gasteiger partial charge in [-0.15, -0.1) is 0 Å². The maximum absolute atomic E-state index is 11.9. The lowest BCUT2D eigenvalue weighted by atomic mass is 9.98. The number of carbonyl (C=O) groups is 1. The summed E-state index contributed by atoms with van der Waals surface area (Å²) >= 11 is 0. The number of nitrogens with one attached hydrogen (secondary N) is 2. The summed E-state index contributed by atoms with van der Waals surface area (Å²) in [4.78, 5) is 21.0. The lowest BCUT2D eigenvalue weighted by Crippen LogP contribution is -2.23. The van der Waals surface area contributed by atoms with Gasteiger partial charge in [0.15, 0.2) is 0 Å². The van der Waals surface area contributed by atoms with E-state index in [4.69, 9.17) is 0 Å². The van der Waals surface area contributed by atoms with Crippen LogP contribution < -0.4 is 10.8 Å². The highest BCUT2D eigenvalue weighted by Gasteiger charge is 2.12. The Morgan fingerprint density at radius 2 is 1.82 bits per heavy atom. The van der Waals surface area contributed by atoms with Gasteiger partial charge in [0.1, 0.15) is 0 Å². The van der Waals surface area contributed by atoms with E-state index in [1.165, 1.54) is 7.11 Å². The summed E-state index contributed by atoms with van der Waals surface area (Å²) in [5, 5.41) is 3.12. The van der Waals surface area contributed by atoms with Gasteiger partial charge in [0.2, 0.25) is 0 Å². The second-order valence-electron chi connectivity index (χ2n) is 4.55. The molecule has 0 spiro atoms. The van der Waals surface area contributed by atoms with E-state index in [9.17, 15) is 4.79 Å². The molecule has 0 bridgehead atoms. The number of hydroxylamine groups is 1. The first-order chi connectivity index (χ1) is 10.5. The molecule has 0 fully saturated rings. The Morgan fingerprint density at radius 3 is 2.23 bits per heavy atom. The molecule has 22 heavy (non-hydrogen) atoms. The Hall–Kier alpha value is -2.14. The SMILES string of the molecule is CC=C(/C=C(\C=C/C)C(=N/C)/C(C)=C(\C)NC)C(=O)NOC. The first kappa shape index (κ1) is 19.9. The largest absolute Gasteiger partial charge is 0.391 e. The fraction of sp³-hybridized carbons (Fsp3) is 0.412. The van der Waals surface area contributed by atoms with E-state index in [0.29, 0.717) is 5.57 Å². The van der Waals surface area contributed by atoms with Crippen LogP contribution in [0.2, 0.25) is 0 Å². The summed E-state index contributed by atoms with van der Waals surface area (Å²) in [5.41, 5.74) is 6.57. The Labute approximate surface area is 133 Å². The van der Waals surface area contributed by atoms with Gasteiger partial charge in [-0.1, -0.05) is 18.2 Å². The van der Waals surface area contributed by atoms with Gasteiger partial charge in [0, 0.05) is 30.9 Å². The van der Waals surface area contributed by atoms with E-state index in [-0.39, 0.29) is 5.91 Å². The Bertz CT molecular complexity index is 538. The minimum Gasteiger partial charge on any atom is -0.391 e. The van der Waals surface area contributed by atoms with Crippen molar-refractivity contribution in [3.8, 4) is 0 Å². The minimum atomic E-state index is -0.297. The van der Waals surface area contributed by atoms with E-state index in [0.717, 1.165) is 22.6 Å². The molecular formula is C17H27N3O2. The normalized spacial score (nSPS) is 15.0.